The molecule has 1 heterocycles. The van der Waals surface area contributed by atoms with Crippen LogP contribution in [0.1, 0.15) is 30.5 Å². The molecule has 1 N–H and O–H groups in total. The van der Waals surface area contributed by atoms with Crippen molar-refractivity contribution in [1.82, 2.24) is 4.90 Å². The summed E-state index contributed by atoms with van der Waals surface area (Å²) in [5, 5.41) is 3.13. The molecule has 3 rings (SSSR count). The van der Waals surface area contributed by atoms with Crippen molar-refractivity contribution >= 4 is 23.1 Å². The van der Waals surface area contributed by atoms with Gasteiger partial charge in [0.05, 0.1) is 24.8 Å². The first-order chi connectivity index (χ1) is 13.8. The van der Waals surface area contributed by atoms with Crippen molar-refractivity contribution in [3.63, 3.8) is 0 Å². The molecular weight excluding hydrogens is 371 g/mol. The second-order valence-corrected chi connectivity index (χ2v) is 7.44. The Kier molecular flexibility index (Phi) is 6.13. The Balaban J connectivity index is 1.98. The zero-order valence-electron chi connectivity index (χ0n) is 17.1. The molecule has 0 fully saturated rings. The Labute approximate surface area is 170 Å². The minimum Gasteiger partial charge on any atom is -0.377 e. The second-order valence-electron chi connectivity index (χ2n) is 7.44. The highest BCUT2D eigenvalue weighted by Gasteiger charge is 2.39. The van der Waals surface area contributed by atoms with Crippen molar-refractivity contribution in [1.29, 1.82) is 0 Å². The molecule has 2 amide bonds. The molecule has 1 aliphatic rings. The van der Waals surface area contributed by atoms with Gasteiger partial charge < -0.3 is 10.1 Å². The molecule has 152 valence electrons. The number of hydrogen-bond acceptors (Lipinski definition) is 4. The number of nitrogens with zero attached hydrogens (tertiary/aromatic N) is 1. The van der Waals surface area contributed by atoms with Crippen LogP contribution in [-0.4, -0.2) is 36.0 Å². The van der Waals surface area contributed by atoms with E-state index in [0.717, 1.165) is 16.8 Å². The monoisotopic (exact) mass is 396 g/mol. The number of hydrogen-bond donors (Lipinski definition) is 1. The maximum absolute atomic E-state index is 13.4. The predicted molar refractivity (Wildman–Crippen MR) is 111 cm³/mol. The van der Waals surface area contributed by atoms with Gasteiger partial charge in [-0.2, -0.15) is 0 Å². The van der Waals surface area contributed by atoms with E-state index in [0.29, 0.717) is 5.56 Å². The van der Waals surface area contributed by atoms with Gasteiger partial charge in [0.15, 0.2) is 0 Å². The molecule has 0 spiro atoms. The van der Waals surface area contributed by atoms with Gasteiger partial charge in [-0.15, -0.1) is 0 Å². The minimum absolute atomic E-state index is 0.000185. The first-order valence-corrected chi connectivity index (χ1v) is 9.59. The summed E-state index contributed by atoms with van der Waals surface area (Å²) >= 11 is 0. The number of aryl methyl sites for hydroxylation is 2. The molecule has 29 heavy (non-hydrogen) atoms. The average molecular weight is 396 g/mol. The molecule has 0 radical (unpaired) electrons. The van der Waals surface area contributed by atoms with Crippen molar-refractivity contribution in [2.75, 3.05) is 18.5 Å². The normalized spacial score (nSPS) is 14.3. The Morgan fingerprint density at radius 3 is 2.21 bits per heavy atom. The fourth-order valence-electron chi connectivity index (χ4n) is 3.35. The number of halogens is 1. The summed E-state index contributed by atoms with van der Waals surface area (Å²) in [6.45, 7) is 8.11. The van der Waals surface area contributed by atoms with E-state index in [1.807, 2.05) is 45.9 Å². The standard InChI is InChI=1S/C23H25FN2O3/c1-14(2)29-10-9-26-22(27)20(17-5-7-18(24)8-6-17)21(23(26)28)25-19-12-15(3)11-16(4)13-19/h5-8,11-14,25H,9-10H2,1-4H3. The molecule has 2 aromatic rings. The van der Waals surface area contributed by atoms with E-state index >= 15 is 0 Å². The van der Waals surface area contributed by atoms with E-state index in [9.17, 15) is 14.0 Å². The Bertz CT molecular complexity index is 944. The molecule has 5 nitrogen and oxygen atoms in total. The van der Waals surface area contributed by atoms with Crippen LogP contribution in [0.15, 0.2) is 48.2 Å². The van der Waals surface area contributed by atoms with Crippen LogP contribution in [0.3, 0.4) is 0 Å². The SMILES string of the molecule is Cc1cc(C)cc(NC2=C(c3ccc(F)cc3)C(=O)N(CCOC(C)C)C2=O)c1. The number of carbonyl (C=O) groups is 2. The van der Waals surface area contributed by atoms with Crippen molar-refractivity contribution in [3.8, 4) is 0 Å². The number of imide groups is 1. The van der Waals surface area contributed by atoms with Gasteiger partial charge >= 0.3 is 0 Å². The van der Waals surface area contributed by atoms with Crippen LogP contribution in [0.25, 0.3) is 5.57 Å². The third-order valence-corrected chi connectivity index (χ3v) is 4.56. The quantitative estimate of drug-likeness (QED) is 0.717. The van der Waals surface area contributed by atoms with Crippen molar-refractivity contribution < 1.29 is 18.7 Å². The van der Waals surface area contributed by atoms with Gasteiger partial charge in [0, 0.05) is 5.69 Å². The number of benzene rings is 2. The number of carbonyl (C=O) groups excluding carboxylic acids is 2. The molecule has 0 aliphatic carbocycles. The molecule has 0 aromatic heterocycles. The van der Waals surface area contributed by atoms with Gasteiger partial charge in [-0.05, 0) is 68.7 Å². The molecule has 1 aliphatic heterocycles. The molecule has 0 atom stereocenters. The lowest BCUT2D eigenvalue weighted by molar-refractivity contribution is -0.137. The van der Waals surface area contributed by atoms with Gasteiger partial charge in [0.25, 0.3) is 11.8 Å². The van der Waals surface area contributed by atoms with E-state index in [4.69, 9.17) is 4.74 Å². The van der Waals surface area contributed by atoms with Gasteiger partial charge in [-0.3, -0.25) is 14.5 Å². The number of rotatable bonds is 7. The van der Waals surface area contributed by atoms with Gasteiger partial charge in [-0.1, -0.05) is 18.2 Å². The Morgan fingerprint density at radius 2 is 1.62 bits per heavy atom. The van der Waals surface area contributed by atoms with Gasteiger partial charge in [0.1, 0.15) is 11.5 Å². The highest BCUT2D eigenvalue weighted by atomic mass is 19.1. The highest BCUT2D eigenvalue weighted by molar-refractivity contribution is 6.36. The van der Waals surface area contributed by atoms with E-state index in [-0.39, 0.29) is 30.5 Å². The minimum atomic E-state index is -0.416. The smallest absolute Gasteiger partial charge is 0.278 e. The number of ether oxygens (including phenoxy) is 1. The van der Waals surface area contributed by atoms with Crippen LogP contribution < -0.4 is 5.32 Å². The molecule has 0 bridgehead atoms. The zero-order chi connectivity index (χ0) is 21.1. The summed E-state index contributed by atoms with van der Waals surface area (Å²) in [6, 6.07) is 11.4. The zero-order valence-corrected chi connectivity index (χ0v) is 17.1. The molecule has 0 unspecified atom stereocenters. The van der Waals surface area contributed by atoms with Gasteiger partial charge in [0.2, 0.25) is 0 Å². The third-order valence-electron chi connectivity index (χ3n) is 4.56. The molecule has 0 saturated heterocycles. The summed E-state index contributed by atoms with van der Waals surface area (Å²) in [6.07, 6.45) is 0.000185. The third kappa shape index (κ3) is 4.71. The van der Waals surface area contributed by atoms with E-state index < -0.39 is 17.6 Å². The summed E-state index contributed by atoms with van der Waals surface area (Å²) < 4.78 is 18.9. The van der Waals surface area contributed by atoms with E-state index in [1.165, 1.54) is 29.2 Å². The summed E-state index contributed by atoms with van der Waals surface area (Å²) in [4.78, 5) is 27.3. The van der Waals surface area contributed by atoms with E-state index in [1.54, 1.807) is 0 Å². The van der Waals surface area contributed by atoms with Crippen molar-refractivity contribution in [2.45, 2.75) is 33.8 Å². The van der Waals surface area contributed by atoms with Crippen LogP contribution in [0.2, 0.25) is 0 Å². The van der Waals surface area contributed by atoms with Crippen LogP contribution in [-0.2, 0) is 14.3 Å². The summed E-state index contributed by atoms with van der Waals surface area (Å²) in [5.41, 5.74) is 3.71. The summed E-state index contributed by atoms with van der Waals surface area (Å²) in [5.74, 6) is -1.24. The largest absolute Gasteiger partial charge is 0.377 e. The molecular formula is C23H25FN2O3. The lowest BCUT2D eigenvalue weighted by Crippen LogP contribution is -2.35. The summed E-state index contributed by atoms with van der Waals surface area (Å²) in [7, 11) is 0. The Hall–Kier alpha value is -2.99. The van der Waals surface area contributed by atoms with Gasteiger partial charge in [-0.25, -0.2) is 4.39 Å². The van der Waals surface area contributed by atoms with Crippen LogP contribution >= 0.6 is 0 Å². The number of amides is 2. The lowest BCUT2D eigenvalue weighted by Gasteiger charge is -2.16. The first-order valence-electron chi connectivity index (χ1n) is 9.59. The van der Waals surface area contributed by atoms with Crippen LogP contribution in [0, 0.1) is 19.7 Å². The maximum Gasteiger partial charge on any atom is 0.278 e. The lowest BCUT2D eigenvalue weighted by atomic mass is 10.0. The van der Waals surface area contributed by atoms with Crippen molar-refractivity contribution in [2.24, 2.45) is 0 Å². The first kappa shape index (κ1) is 20.7. The predicted octanol–water partition coefficient (Wildman–Crippen LogP) is 4.06. The van der Waals surface area contributed by atoms with Crippen LogP contribution in [0.4, 0.5) is 10.1 Å². The maximum atomic E-state index is 13.4. The highest BCUT2D eigenvalue weighted by Crippen LogP contribution is 2.31. The molecule has 6 heteroatoms. The van der Waals surface area contributed by atoms with Crippen molar-refractivity contribution in [3.05, 3.63) is 70.7 Å². The fraction of sp³-hybridized carbons (Fsp3) is 0.304. The Morgan fingerprint density at radius 1 is 1.00 bits per heavy atom. The second kappa shape index (κ2) is 8.57. The molecule has 0 saturated carbocycles. The number of nitrogens with one attached hydrogen (secondary N) is 1. The number of anilines is 1. The molecule has 2 aromatic carbocycles. The average Bonchev–Trinajstić information content (AvgIpc) is 2.86. The van der Waals surface area contributed by atoms with Crippen LogP contribution in [0.5, 0.6) is 0 Å². The topological polar surface area (TPSA) is 58.6 Å². The fourth-order valence-corrected chi connectivity index (χ4v) is 3.35. The van der Waals surface area contributed by atoms with E-state index in [2.05, 4.69) is 5.32 Å².